The Balaban J connectivity index is 2.37. The minimum atomic E-state index is 0.0592. The SMILES string of the molecule is CC(N)CCC(=O)NCc1ccc(N(C)C)cc1. The molecule has 0 saturated heterocycles. The van der Waals surface area contributed by atoms with Crippen LogP contribution in [0, 0.1) is 0 Å². The van der Waals surface area contributed by atoms with Crippen LogP contribution in [0.25, 0.3) is 0 Å². The van der Waals surface area contributed by atoms with Gasteiger partial charge in [0.25, 0.3) is 0 Å². The van der Waals surface area contributed by atoms with Gasteiger partial charge in [-0.05, 0) is 31.0 Å². The number of rotatable bonds is 6. The zero-order valence-corrected chi connectivity index (χ0v) is 11.4. The summed E-state index contributed by atoms with van der Waals surface area (Å²) in [4.78, 5) is 13.6. The lowest BCUT2D eigenvalue weighted by Crippen LogP contribution is -2.25. The van der Waals surface area contributed by atoms with Crippen LogP contribution in [0.1, 0.15) is 25.3 Å². The molecular formula is C14H23N3O. The first-order valence-electron chi connectivity index (χ1n) is 6.27. The molecule has 1 unspecified atom stereocenters. The minimum Gasteiger partial charge on any atom is -0.378 e. The molecule has 0 radical (unpaired) electrons. The summed E-state index contributed by atoms with van der Waals surface area (Å²) < 4.78 is 0. The van der Waals surface area contributed by atoms with Crippen molar-refractivity contribution in [3.05, 3.63) is 29.8 Å². The number of nitrogens with zero attached hydrogens (tertiary/aromatic N) is 1. The van der Waals surface area contributed by atoms with E-state index >= 15 is 0 Å². The van der Waals surface area contributed by atoms with Gasteiger partial charge in [0.05, 0.1) is 0 Å². The molecule has 0 bridgehead atoms. The summed E-state index contributed by atoms with van der Waals surface area (Å²) in [5.74, 6) is 0.0592. The summed E-state index contributed by atoms with van der Waals surface area (Å²) in [6, 6.07) is 8.23. The van der Waals surface area contributed by atoms with Gasteiger partial charge in [-0.15, -0.1) is 0 Å². The Morgan fingerprint density at radius 3 is 2.44 bits per heavy atom. The molecule has 1 amide bonds. The van der Waals surface area contributed by atoms with Crippen LogP contribution in [-0.4, -0.2) is 26.0 Å². The largest absolute Gasteiger partial charge is 0.378 e. The van der Waals surface area contributed by atoms with Gasteiger partial charge < -0.3 is 16.0 Å². The molecule has 4 nitrogen and oxygen atoms in total. The normalized spacial score (nSPS) is 12.0. The fourth-order valence-electron chi connectivity index (χ4n) is 1.56. The summed E-state index contributed by atoms with van der Waals surface area (Å²) in [5.41, 5.74) is 7.87. The molecule has 0 saturated carbocycles. The second kappa shape index (κ2) is 7.01. The van der Waals surface area contributed by atoms with E-state index in [-0.39, 0.29) is 11.9 Å². The number of carbonyl (C=O) groups is 1. The lowest BCUT2D eigenvalue weighted by Gasteiger charge is -2.13. The molecule has 0 heterocycles. The second-order valence-corrected chi connectivity index (χ2v) is 4.85. The van der Waals surface area contributed by atoms with Gasteiger partial charge in [0.15, 0.2) is 0 Å². The van der Waals surface area contributed by atoms with Crippen LogP contribution in [0.4, 0.5) is 5.69 Å². The molecular weight excluding hydrogens is 226 g/mol. The minimum absolute atomic E-state index is 0.0592. The molecule has 4 heteroatoms. The predicted molar refractivity (Wildman–Crippen MR) is 75.5 cm³/mol. The Bertz CT molecular complexity index is 371. The summed E-state index contributed by atoms with van der Waals surface area (Å²) in [7, 11) is 4.01. The first-order valence-corrected chi connectivity index (χ1v) is 6.27. The van der Waals surface area contributed by atoms with Crippen molar-refractivity contribution in [1.82, 2.24) is 5.32 Å². The van der Waals surface area contributed by atoms with E-state index in [1.807, 2.05) is 50.2 Å². The highest BCUT2D eigenvalue weighted by Crippen LogP contribution is 2.11. The van der Waals surface area contributed by atoms with Crippen molar-refractivity contribution in [2.45, 2.75) is 32.4 Å². The molecule has 3 N–H and O–H groups in total. The highest BCUT2D eigenvalue weighted by molar-refractivity contribution is 5.75. The van der Waals surface area contributed by atoms with E-state index in [2.05, 4.69) is 5.32 Å². The Labute approximate surface area is 109 Å². The Kier molecular flexibility index (Phi) is 5.65. The van der Waals surface area contributed by atoms with Crippen LogP contribution in [-0.2, 0) is 11.3 Å². The van der Waals surface area contributed by atoms with Gasteiger partial charge >= 0.3 is 0 Å². The summed E-state index contributed by atoms with van der Waals surface area (Å²) >= 11 is 0. The Morgan fingerprint density at radius 2 is 1.94 bits per heavy atom. The Hall–Kier alpha value is -1.55. The first-order chi connectivity index (χ1) is 8.49. The van der Waals surface area contributed by atoms with Crippen LogP contribution in [0.2, 0.25) is 0 Å². The van der Waals surface area contributed by atoms with Gasteiger partial charge in [-0.25, -0.2) is 0 Å². The van der Waals surface area contributed by atoms with E-state index in [1.54, 1.807) is 0 Å². The molecule has 0 aliphatic rings. The van der Waals surface area contributed by atoms with E-state index in [1.165, 1.54) is 0 Å². The highest BCUT2D eigenvalue weighted by atomic mass is 16.1. The predicted octanol–water partition coefficient (Wildman–Crippen LogP) is 1.50. The topological polar surface area (TPSA) is 58.4 Å². The molecule has 18 heavy (non-hydrogen) atoms. The standard InChI is InChI=1S/C14H23N3O/c1-11(15)4-9-14(18)16-10-12-5-7-13(8-6-12)17(2)3/h5-8,11H,4,9-10,15H2,1-3H3,(H,16,18). The van der Waals surface area contributed by atoms with Gasteiger partial charge in [0.2, 0.25) is 5.91 Å². The molecule has 0 spiro atoms. The van der Waals surface area contributed by atoms with Gasteiger partial charge in [0, 0.05) is 38.8 Å². The zero-order chi connectivity index (χ0) is 13.5. The lowest BCUT2D eigenvalue weighted by molar-refractivity contribution is -0.121. The van der Waals surface area contributed by atoms with Gasteiger partial charge in [-0.2, -0.15) is 0 Å². The molecule has 0 fully saturated rings. The van der Waals surface area contributed by atoms with Crippen LogP contribution in [0.5, 0.6) is 0 Å². The van der Waals surface area contributed by atoms with Crippen molar-refractivity contribution in [1.29, 1.82) is 0 Å². The zero-order valence-electron chi connectivity index (χ0n) is 11.4. The fourth-order valence-corrected chi connectivity index (χ4v) is 1.56. The number of benzene rings is 1. The van der Waals surface area contributed by atoms with Gasteiger partial charge in [0.1, 0.15) is 0 Å². The van der Waals surface area contributed by atoms with Crippen LogP contribution in [0.3, 0.4) is 0 Å². The van der Waals surface area contributed by atoms with Crippen LogP contribution >= 0.6 is 0 Å². The number of nitrogens with two attached hydrogens (primary N) is 1. The number of anilines is 1. The molecule has 1 aromatic carbocycles. The monoisotopic (exact) mass is 249 g/mol. The van der Waals surface area contributed by atoms with Crippen molar-refractivity contribution >= 4 is 11.6 Å². The number of hydrogen-bond acceptors (Lipinski definition) is 3. The fraction of sp³-hybridized carbons (Fsp3) is 0.500. The van der Waals surface area contributed by atoms with E-state index in [0.717, 1.165) is 17.7 Å². The number of carbonyl (C=O) groups excluding carboxylic acids is 1. The van der Waals surface area contributed by atoms with Crippen LogP contribution < -0.4 is 16.0 Å². The molecule has 1 rings (SSSR count). The first kappa shape index (κ1) is 14.5. The molecule has 0 aliphatic carbocycles. The Morgan fingerprint density at radius 1 is 1.33 bits per heavy atom. The number of nitrogens with one attached hydrogen (secondary N) is 1. The van der Waals surface area contributed by atoms with Gasteiger partial charge in [-0.3, -0.25) is 4.79 Å². The number of hydrogen-bond donors (Lipinski definition) is 2. The van der Waals surface area contributed by atoms with Crippen molar-refractivity contribution < 1.29 is 4.79 Å². The van der Waals surface area contributed by atoms with E-state index in [0.29, 0.717) is 13.0 Å². The smallest absolute Gasteiger partial charge is 0.220 e. The van der Waals surface area contributed by atoms with Crippen molar-refractivity contribution in [3.8, 4) is 0 Å². The van der Waals surface area contributed by atoms with E-state index < -0.39 is 0 Å². The molecule has 1 atom stereocenters. The van der Waals surface area contributed by atoms with Crippen LogP contribution in [0.15, 0.2) is 24.3 Å². The average molecular weight is 249 g/mol. The molecule has 100 valence electrons. The average Bonchev–Trinajstić information content (AvgIpc) is 2.34. The maximum atomic E-state index is 11.5. The lowest BCUT2D eigenvalue weighted by atomic mass is 10.1. The summed E-state index contributed by atoms with van der Waals surface area (Å²) in [5, 5.41) is 2.89. The quantitative estimate of drug-likeness (QED) is 0.803. The second-order valence-electron chi connectivity index (χ2n) is 4.85. The van der Waals surface area contributed by atoms with Gasteiger partial charge in [-0.1, -0.05) is 12.1 Å². The van der Waals surface area contributed by atoms with E-state index in [9.17, 15) is 4.79 Å². The van der Waals surface area contributed by atoms with E-state index in [4.69, 9.17) is 5.73 Å². The molecule has 0 aromatic heterocycles. The third kappa shape index (κ3) is 5.19. The summed E-state index contributed by atoms with van der Waals surface area (Å²) in [6.07, 6.45) is 1.22. The number of amides is 1. The maximum Gasteiger partial charge on any atom is 0.220 e. The van der Waals surface area contributed by atoms with Crippen molar-refractivity contribution in [2.24, 2.45) is 5.73 Å². The van der Waals surface area contributed by atoms with Crippen molar-refractivity contribution in [3.63, 3.8) is 0 Å². The summed E-state index contributed by atoms with van der Waals surface area (Å²) in [6.45, 7) is 2.48. The maximum absolute atomic E-state index is 11.5. The third-order valence-electron chi connectivity index (χ3n) is 2.77. The molecule has 1 aromatic rings. The third-order valence-corrected chi connectivity index (χ3v) is 2.77. The highest BCUT2D eigenvalue weighted by Gasteiger charge is 2.03. The molecule has 0 aliphatic heterocycles. The van der Waals surface area contributed by atoms with Crippen molar-refractivity contribution in [2.75, 3.05) is 19.0 Å².